The smallest absolute Gasteiger partial charge is 0.253 e. The van der Waals surface area contributed by atoms with Crippen LogP contribution in [-0.2, 0) is 0 Å². The lowest BCUT2D eigenvalue weighted by atomic mass is 9.98. The number of aromatic nitrogens is 1. The van der Waals surface area contributed by atoms with Crippen LogP contribution in [0.5, 0.6) is 5.75 Å². The maximum Gasteiger partial charge on any atom is 0.253 e. The van der Waals surface area contributed by atoms with Gasteiger partial charge >= 0.3 is 0 Å². The van der Waals surface area contributed by atoms with Crippen molar-refractivity contribution in [1.29, 1.82) is 0 Å². The Balaban J connectivity index is 1.53. The molecule has 8 heteroatoms. The standard InChI is InChI=1S/C28H30N4O4/c1-36-21-5-2-4-18(14-21)20-15-23-22-7-6-19(17-25(22)30-26(23)24(16-20)27(29)34)28(35)32-9-3-8-31(10-11-32)12-13-33/h2,4-7,14-17,30,33H,3,8-13H2,1H3,(H2,29,34). The Kier molecular flexibility index (Phi) is 6.63. The number of carbonyl (C=O) groups is 2. The summed E-state index contributed by atoms with van der Waals surface area (Å²) >= 11 is 0. The van der Waals surface area contributed by atoms with Crippen LogP contribution in [0.3, 0.4) is 0 Å². The second-order valence-electron chi connectivity index (χ2n) is 9.14. The van der Waals surface area contributed by atoms with Crippen molar-refractivity contribution in [2.45, 2.75) is 6.42 Å². The van der Waals surface area contributed by atoms with Gasteiger partial charge in [0.05, 0.1) is 24.8 Å². The number of H-pyrrole nitrogens is 1. The van der Waals surface area contributed by atoms with Crippen molar-refractivity contribution in [3.63, 3.8) is 0 Å². The molecular weight excluding hydrogens is 456 g/mol. The minimum absolute atomic E-state index is 0.0198. The molecule has 2 heterocycles. The molecule has 1 aromatic heterocycles. The summed E-state index contributed by atoms with van der Waals surface area (Å²) in [5.41, 5.74) is 9.95. The number of β-amino-alcohol motifs (C(OH)–C–C–N with tert-alkyl or cyclic N) is 1. The van der Waals surface area contributed by atoms with Crippen LogP contribution >= 0.6 is 0 Å². The Hall–Kier alpha value is -3.88. The van der Waals surface area contributed by atoms with Crippen LogP contribution in [0, 0.1) is 0 Å². The van der Waals surface area contributed by atoms with Crippen molar-refractivity contribution in [3.8, 4) is 16.9 Å². The number of nitrogens with one attached hydrogen (secondary N) is 1. The zero-order chi connectivity index (χ0) is 25.2. The summed E-state index contributed by atoms with van der Waals surface area (Å²) in [6.07, 6.45) is 0.870. The van der Waals surface area contributed by atoms with E-state index >= 15 is 0 Å². The summed E-state index contributed by atoms with van der Waals surface area (Å²) < 4.78 is 5.36. The van der Waals surface area contributed by atoms with Crippen molar-refractivity contribution < 1.29 is 19.4 Å². The first-order valence-electron chi connectivity index (χ1n) is 12.1. The molecule has 0 aliphatic carbocycles. The number of aliphatic hydroxyl groups is 1. The molecule has 4 N–H and O–H groups in total. The van der Waals surface area contributed by atoms with E-state index < -0.39 is 5.91 Å². The lowest BCUT2D eigenvalue weighted by Crippen LogP contribution is -2.35. The number of nitrogens with zero attached hydrogens (tertiary/aromatic N) is 2. The molecule has 0 radical (unpaired) electrons. The van der Waals surface area contributed by atoms with Crippen LogP contribution in [0.2, 0.25) is 0 Å². The highest BCUT2D eigenvalue weighted by Crippen LogP contribution is 2.34. The van der Waals surface area contributed by atoms with Gasteiger partial charge in [-0.05, 0) is 60.5 Å². The minimum Gasteiger partial charge on any atom is -0.497 e. The summed E-state index contributed by atoms with van der Waals surface area (Å²) in [5, 5.41) is 11.0. The highest BCUT2D eigenvalue weighted by atomic mass is 16.5. The van der Waals surface area contributed by atoms with Crippen molar-refractivity contribution in [2.24, 2.45) is 5.73 Å². The van der Waals surface area contributed by atoms with E-state index in [-0.39, 0.29) is 12.5 Å². The van der Waals surface area contributed by atoms with Gasteiger partial charge in [0.15, 0.2) is 0 Å². The summed E-state index contributed by atoms with van der Waals surface area (Å²) in [6, 6.07) is 17.1. The lowest BCUT2D eigenvalue weighted by molar-refractivity contribution is 0.0760. The predicted molar refractivity (Wildman–Crippen MR) is 140 cm³/mol. The zero-order valence-electron chi connectivity index (χ0n) is 20.3. The highest BCUT2D eigenvalue weighted by Gasteiger charge is 2.21. The van der Waals surface area contributed by atoms with Crippen LogP contribution in [0.25, 0.3) is 32.9 Å². The van der Waals surface area contributed by atoms with Crippen molar-refractivity contribution in [1.82, 2.24) is 14.8 Å². The Morgan fingerprint density at radius 2 is 1.86 bits per heavy atom. The molecule has 1 aliphatic rings. The Bertz CT molecular complexity index is 1440. The van der Waals surface area contributed by atoms with E-state index in [0.29, 0.717) is 36.3 Å². The molecule has 3 aromatic carbocycles. The molecule has 1 aliphatic heterocycles. The predicted octanol–water partition coefficient (Wildman–Crippen LogP) is 3.24. The van der Waals surface area contributed by atoms with E-state index in [9.17, 15) is 14.7 Å². The van der Waals surface area contributed by atoms with Gasteiger partial charge in [0.1, 0.15) is 5.75 Å². The Morgan fingerprint density at radius 1 is 1.00 bits per heavy atom. The van der Waals surface area contributed by atoms with Gasteiger partial charge < -0.3 is 25.5 Å². The van der Waals surface area contributed by atoms with Gasteiger partial charge in [-0.3, -0.25) is 14.5 Å². The SMILES string of the molecule is COc1cccc(-c2cc(C(N)=O)c3[nH]c4cc(C(=O)N5CCCN(CCO)CC5)ccc4c3c2)c1. The van der Waals surface area contributed by atoms with Crippen LogP contribution in [0.1, 0.15) is 27.1 Å². The van der Waals surface area contributed by atoms with E-state index in [4.69, 9.17) is 10.5 Å². The summed E-state index contributed by atoms with van der Waals surface area (Å²) in [5.74, 6) is 0.182. The summed E-state index contributed by atoms with van der Waals surface area (Å²) in [7, 11) is 1.62. The third-order valence-corrected chi connectivity index (χ3v) is 6.92. The fourth-order valence-electron chi connectivity index (χ4n) is 5.02. The molecule has 1 fully saturated rings. The van der Waals surface area contributed by atoms with Crippen molar-refractivity contribution >= 4 is 33.6 Å². The van der Waals surface area contributed by atoms with Gasteiger partial charge in [0.25, 0.3) is 11.8 Å². The van der Waals surface area contributed by atoms with Crippen LogP contribution in [0.4, 0.5) is 0 Å². The Labute approximate surface area is 209 Å². The third kappa shape index (κ3) is 4.53. The molecular formula is C28H30N4O4. The number of amides is 2. The summed E-state index contributed by atoms with van der Waals surface area (Å²) in [6.45, 7) is 3.67. The quantitative estimate of drug-likeness (QED) is 0.387. The van der Waals surface area contributed by atoms with Gasteiger partial charge in [0, 0.05) is 48.0 Å². The molecule has 0 atom stereocenters. The highest BCUT2D eigenvalue weighted by molar-refractivity contribution is 6.17. The molecule has 186 valence electrons. The summed E-state index contributed by atoms with van der Waals surface area (Å²) in [4.78, 5) is 33.1. The van der Waals surface area contributed by atoms with Crippen LogP contribution in [-0.4, -0.2) is 78.1 Å². The molecule has 36 heavy (non-hydrogen) atoms. The normalized spacial score (nSPS) is 14.8. The number of carbonyl (C=O) groups excluding carboxylic acids is 2. The molecule has 1 saturated heterocycles. The number of ether oxygens (including phenoxy) is 1. The lowest BCUT2D eigenvalue weighted by Gasteiger charge is -2.21. The number of aliphatic hydroxyl groups excluding tert-OH is 1. The first-order chi connectivity index (χ1) is 17.5. The fourth-order valence-corrected chi connectivity index (χ4v) is 5.02. The minimum atomic E-state index is -0.524. The fraction of sp³-hybridized carbons (Fsp3) is 0.286. The second-order valence-corrected chi connectivity index (χ2v) is 9.14. The number of fused-ring (bicyclic) bond motifs is 3. The van der Waals surface area contributed by atoms with Gasteiger partial charge in [-0.2, -0.15) is 0 Å². The maximum atomic E-state index is 13.3. The molecule has 0 bridgehead atoms. The van der Waals surface area contributed by atoms with Gasteiger partial charge in [-0.15, -0.1) is 0 Å². The molecule has 0 saturated carbocycles. The molecule has 0 unspecified atom stereocenters. The van der Waals surface area contributed by atoms with Gasteiger partial charge in [-0.1, -0.05) is 18.2 Å². The molecule has 5 rings (SSSR count). The van der Waals surface area contributed by atoms with Gasteiger partial charge in [-0.25, -0.2) is 0 Å². The monoisotopic (exact) mass is 486 g/mol. The van der Waals surface area contributed by atoms with Crippen LogP contribution in [0.15, 0.2) is 54.6 Å². The number of rotatable bonds is 6. The van der Waals surface area contributed by atoms with Crippen molar-refractivity contribution in [3.05, 3.63) is 65.7 Å². The van der Waals surface area contributed by atoms with Gasteiger partial charge in [0.2, 0.25) is 0 Å². The molecule has 4 aromatic rings. The number of primary amides is 1. The number of benzene rings is 3. The van der Waals surface area contributed by atoms with E-state index in [1.807, 2.05) is 53.4 Å². The maximum absolute atomic E-state index is 13.3. The molecule has 0 spiro atoms. The van der Waals surface area contributed by atoms with Crippen molar-refractivity contribution in [2.75, 3.05) is 46.4 Å². The topological polar surface area (TPSA) is 112 Å². The average Bonchev–Trinajstić information content (AvgIpc) is 3.10. The molecule has 8 nitrogen and oxygen atoms in total. The van der Waals surface area contributed by atoms with E-state index in [0.717, 1.165) is 52.7 Å². The first kappa shape index (κ1) is 23.8. The van der Waals surface area contributed by atoms with E-state index in [2.05, 4.69) is 9.88 Å². The second kappa shape index (κ2) is 10.0. The Morgan fingerprint density at radius 3 is 2.64 bits per heavy atom. The first-order valence-corrected chi connectivity index (χ1v) is 12.1. The largest absolute Gasteiger partial charge is 0.497 e. The van der Waals surface area contributed by atoms with E-state index in [1.54, 1.807) is 13.2 Å². The number of hydrogen-bond donors (Lipinski definition) is 3. The molecule has 2 amide bonds. The zero-order valence-corrected chi connectivity index (χ0v) is 20.3. The number of methoxy groups -OCH3 is 1. The number of hydrogen-bond acceptors (Lipinski definition) is 5. The van der Waals surface area contributed by atoms with E-state index in [1.165, 1.54) is 0 Å². The average molecular weight is 487 g/mol. The number of aromatic amines is 1. The number of nitrogens with two attached hydrogens (primary N) is 1. The third-order valence-electron chi connectivity index (χ3n) is 6.92. The van der Waals surface area contributed by atoms with Crippen LogP contribution < -0.4 is 10.5 Å².